The second-order valence-electron chi connectivity index (χ2n) is 7.73. The van der Waals surface area contributed by atoms with Gasteiger partial charge in [-0.1, -0.05) is 19.3 Å². The van der Waals surface area contributed by atoms with Gasteiger partial charge in [0, 0.05) is 18.7 Å². The van der Waals surface area contributed by atoms with Gasteiger partial charge in [-0.2, -0.15) is 0 Å². The van der Waals surface area contributed by atoms with Gasteiger partial charge in [-0.3, -0.25) is 0 Å². The number of nitrogens with zero attached hydrogens (tertiary/aromatic N) is 1. The van der Waals surface area contributed by atoms with E-state index in [1.807, 2.05) is 0 Å². The molecule has 1 unspecified atom stereocenters. The molecule has 1 heterocycles. The molecule has 3 N–H and O–H groups in total. The van der Waals surface area contributed by atoms with Crippen LogP contribution in [0.2, 0.25) is 0 Å². The smallest absolute Gasteiger partial charge is 0.218 e. The maximum Gasteiger partial charge on any atom is 0.218 e. The van der Waals surface area contributed by atoms with Crippen molar-refractivity contribution >= 4 is 17.9 Å². The van der Waals surface area contributed by atoms with Crippen LogP contribution >= 0.6 is 0 Å². The van der Waals surface area contributed by atoms with Crippen LogP contribution in [0.25, 0.3) is 0 Å². The van der Waals surface area contributed by atoms with Crippen LogP contribution < -0.4 is 0 Å². The van der Waals surface area contributed by atoms with E-state index in [-0.39, 0.29) is 17.6 Å². The summed E-state index contributed by atoms with van der Waals surface area (Å²) in [6, 6.07) is 3.45. The average molecular weight is 379 g/mol. The normalized spacial score (nSPS) is 26.7. The second kappa shape index (κ2) is 11.4. The molecule has 0 radical (unpaired) electrons. The van der Waals surface area contributed by atoms with Crippen LogP contribution in [0.1, 0.15) is 64.7 Å². The van der Waals surface area contributed by atoms with Crippen molar-refractivity contribution < 1.29 is 24.5 Å². The van der Waals surface area contributed by atoms with E-state index in [0.29, 0.717) is 31.6 Å². The SMILES string of the molecule is CC(=O)CCCCCC[C@@H]1[C@@H](CCC(O)/C=N/c2ccco2)[C@H](O)C[C@@H]1O. The topological polar surface area (TPSA) is 103 Å². The standard InChI is InChI=1S/C21H33NO5/c1-15(23)7-4-2-3-5-8-17-18(20(26)13-19(17)25)11-10-16(24)14-22-21-9-6-12-27-21/h6,9,12,14,16-20,24-26H,2-5,7-8,10-11,13H2,1H3/b22-14+/t16?,17-,18-,19+,20-/m1/s1. The maximum atomic E-state index is 11.0. The number of rotatable bonds is 12. The number of ketones is 1. The molecule has 1 aromatic heterocycles. The molecule has 0 saturated heterocycles. The quantitative estimate of drug-likeness (QED) is 0.381. The van der Waals surface area contributed by atoms with E-state index in [1.54, 1.807) is 19.1 Å². The summed E-state index contributed by atoms with van der Waals surface area (Å²) < 4.78 is 5.09. The monoisotopic (exact) mass is 379 g/mol. The number of aliphatic hydroxyl groups excluding tert-OH is 3. The van der Waals surface area contributed by atoms with Crippen molar-refractivity contribution in [3.63, 3.8) is 0 Å². The van der Waals surface area contributed by atoms with Crippen LogP contribution in [0.5, 0.6) is 0 Å². The molecule has 1 saturated carbocycles. The Labute approximate surface area is 161 Å². The molecule has 1 aliphatic rings. The van der Waals surface area contributed by atoms with Gasteiger partial charge in [-0.15, -0.1) is 0 Å². The predicted molar refractivity (Wildman–Crippen MR) is 104 cm³/mol. The van der Waals surface area contributed by atoms with Gasteiger partial charge in [0.05, 0.1) is 24.6 Å². The Bertz CT molecular complexity index is 571. The molecule has 6 nitrogen and oxygen atoms in total. The molecule has 0 amide bonds. The molecule has 6 heteroatoms. The Balaban J connectivity index is 1.72. The molecule has 0 bridgehead atoms. The van der Waals surface area contributed by atoms with Gasteiger partial charge in [0.2, 0.25) is 5.88 Å². The van der Waals surface area contributed by atoms with E-state index in [2.05, 4.69) is 4.99 Å². The zero-order valence-corrected chi connectivity index (χ0v) is 16.2. The van der Waals surface area contributed by atoms with Crippen molar-refractivity contribution in [1.82, 2.24) is 0 Å². The van der Waals surface area contributed by atoms with Crippen LogP contribution in [0.15, 0.2) is 27.8 Å². The molecule has 0 aliphatic heterocycles. The first-order valence-electron chi connectivity index (χ1n) is 10.1. The number of furan rings is 1. The van der Waals surface area contributed by atoms with Gasteiger partial charge < -0.3 is 24.5 Å². The molecule has 1 fully saturated rings. The highest BCUT2D eigenvalue weighted by Crippen LogP contribution is 2.39. The lowest BCUT2D eigenvalue weighted by Gasteiger charge is -2.24. The molecular weight excluding hydrogens is 346 g/mol. The number of hydrogen-bond acceptors (Lipinski definition) is 6. The summed E-state index contributed by atoms with van der Waals surface area (Å²) in [5.74, 6) is 0.762. The molecular formula is C21H33NO5. The Morgan fingerprint density at radius 3 is 2.59 bits per heavy atom. The van der Waals surface area contributed by atoms with E-state index < -0.39 is 18.3 Å². The summed E-state index contributed by atoms with van der Waals surface area (Å²) in [5, 5.41) is 30.7. The van der Waals surface area contributed by atoms with Crippen LogP contribution in [-0.2, 0) is 4.79 Å². The Morgan fingerprint density at radius 1 is 1.22 bits per heavy atom. The number of aliphatic hydroxyl groups is 3. The van der Waals surface area contributed by atoms with Crippen LogP contribution in [0.3, 0.4) is 0 Å². The lowest BCUT2D eigenvalue weighted by molar-refractivity contribution is -0.117. The summed E-state index contributed by atoms with van der Waals surface area (Å²) >= 11 is 0. The Morgan fingerprint density at radius 2 is 1.93 bits per heavy atom. The van der Waals surface area contributed by atoms with E-state index in [0.717, 1.165) is 32.1 Å². The zero-order valence-electron chi connectivity index (χ0n) is 16.2. The van der Waals surface area contributed by atoms with Crippen molar-refractivity contribution in [1.29, 1.82) is 0 Å². The third-order valence-corrected chi connectivity index (χ3v) is 5.51. The van der Waals surface area contributed by atoms with E-state index >= 15 is 0 Å². The number of hydrogen-bond donors (Lipinski definition) is 3. The second-order valence-corrected chi connectivity index (χ2v) is 7.73. The van der Waals surface area contributed by atoms with E-state index in [9.17, 15) is 20.1 Å². The van der Waals surface area contributed by atoms with Crippen LogP contribution in [0.4, 0.5) is 5.88 Å². The fourth-order valence-corrected chi connectivity index (χ4v) is 4.03. The van der Waals surface area contributed by atoms with Gasteiger partial charge in [0.1, 0.15) is 5.78 Å². The molecule has 27 heavy (non-hydrogen) atoms. The van der Waals surface area contributed by atoms with Gasteiger partial charge >= 0.3 is 0 Å². The van der Waals surface area contributed by atoms with Crippen LogP contribution in [0, 0.1) is 11.8 Å². The summed E-state index contributed by atoms with van der Waals surface area (Å²) in [6.45, 7) is 1.62. The van der Waals surface area contributed by atoms with E-state index in [1.165, 1.54) is 12.5 Å². The number of carbonyl (C=O) groups excluding carboxylic acids is 1. The van der Waals surface area contributed by atoms with Crippen molar-refractivity contribution in [3.8, 4) is 0 Å². The lowest BCUT2D eigenvalue weighted by Crippen LogP contribution is -2.24. The fraction of sp³-hybridized carbons (Fsp3) is 0.714. The summed E-state index contributed by atoms with van der Waals surface area (Å²) in [6.07, 6.45) is 8.35. The minimum atomic E-state index is -0.702. The minimum absolute atomic E-state index is 0.00359. The average Bonchev–Trinajstić information content (AvgIpc) is 3.22. The number of unbranched alkanes of at least 4 members (excludes halogenated alkanes) is 3. The fourth-order valence-electron chi connectivity index (χ4n) is 4.03. The van der Waals surface area contributed by atoms with Crippen molar-refractivity contribution in [2.75, 3.05) is 0 Å². The number of carbonyl (C=O) groups is 1. The van der Waals surface area contributed by atoms with Gasteiger partial charge in [-0.05, 0) is 56.9 Å². The highest BCUT2D eigenvalue weighted by Gasteiger charge is 2.40. The van der Waals surface area contributed by atoms with Crippen molar-refractivity contribution in [2.45, 2.75) is 83.0 Å². The van der Waals surface area contributed by atoms with Crippen LogP contribution in [-0.4, -0.2) is 45.6 Å². The zero-order chi connectivity index (χ0) is 19.6. The molecule has 152 valence electrons. The highest BCUT2D eigenvalue weighted by atomic mass is 16.3. The molecule has 5 atom stereocenters. The highest BCUT2D eigenvalue weighted by molar-refractivity contribution is 5.75. The largest absolute Gasteiger partial charge is 0.447 e. The van der Waals surface area contributed by atoms with Gasteiger partial charge in [-0.25, -0.2) is 4.99 Å². The lowest BCUT2D eigenvalue weighted by atomic mass is 9.85. The molecule has 1 aliphatic carbocycles. The number of Topliss-reactive ketones (excluding diaryl/α,β-unsaturated/α-hetero) is 1. The molecule has 0 spiro atoms. The number of aliphatic imine (C=N–C) groups is 1. The van der Waals surface area contributed by atoms with Gasteiger partial charge in [0.25, 0.3) is 0 Å². The Hall–Kier alpha value is -1.50. The summed E-state index contributed by atoms with van der Waals surface area (Å²) in [4.78, 5) is 15.0. The van der Waals surface area contributed by atoms with E-state index in [4.69, 9.17) is 4.42 Å². The molecule has 1 aromatic rings. The minimum Gasteiger partial charge on any atom is -0.447 e. The maximum absolute atomic E-state index is 11.0. The summed E-state index contributed by atoms with van der Waals surface area (Å²) in [5.41, 5.74) is 0. The first-order valence-corrected chi connectivity index (χ1v) is 10.1. The van der Waals surface area contributed by atoms with Gasteiger partial charge in [0.15, 0.2) is 0 Å². The predicted octanol–water partition coefficient (Wildman–Crippen LogP) is 3.41. The molecule has 0 aromatic carbocycles. The summed E-state index contributed by atoms with van der Waals surface area (Å²) in [7, 11) is 0. The first-order chi connectivity index (χ1) is 13.0. The van der Waals surface area contributed by atoms with Crippen molar-refractivity contribution in [3.05, 3.63) is 18.4 Å². The first kappa shape index (κ1) is 21.8. The third-order valence-electron chi connectivity index (χ3n) is 5.51. The molecule has 2 rings (SSSR count). The van der Waals surface area contributed by atoms with Crippen molar-refractivity contribution in [2.24, 2.45) is 16.8 Å². The third kappa shape index (κ3) is 7.56. The Kier molecular flexibility index (Phi) is 9.18.